The maximum Gasteiger partial charge on any atom is 0.339 e. The van der Waals surface area contributed by atoms with Crippen molar-refractivity contribution in [2.75, 3.05) is 31.2 Å². The van der Waals surface area contributed by atoms with Crippen molar-refractivity contribution in [1.82, 2.24) is 9.88 Å². The number of nitrogens with one attached hydrogen (secondary N) is 1. The molecule has 0 aliphatic rings. The van der Waals surface area contributed by atoms with Crippen LogP contribution in [0.4, 0.5) is 11.5 Å². The van der Waals surface area contributed by atoms with Crippen molar-refractivity contribution in [1.29, 1.82) is 0 Å². The predicted octanol–water partition coefficient (Wildman–Crippen LogP) is 1.11. The third kappa shape index (κ3) is 3.89. The van der Waals surface area contributed by atoms with Gasteiger partial charge in [0.25, 0.3) is 0 Å². The van der Waals surface area contributed by atoms with Crippen molar-refractivity contribution in [3.63, 3.8) is 0 Å². The van der Waals surface area contributed by atoms with E-state index < -0.39 is 5.97 Å². The van der Waals surface area contributed by atoms with E-state index in [0.29, 0.717) is 24.1 Å². The fraction of sp³-hybridized carbons (Fsp3) is 0.500. The summed E-state index contributed by atoms with van der Waals surface area (Å²) < 4.78 is 0. The minimum Gasteiger partial charge on any atom is -0.478 e. The molecular weight excluding hydrogens is 232 g/mol. The molecule has 0 unspecified atom stereocenters. The van der Waals surface area contributed by atoms with Gasteiger partial charge in [0.15, 0.2) is 0 Å². The molecule has 1 rings (SSSR count). The highest BCUT2D eigenvalue weighted by Crippen LogP contribution is 2.15. The molecule has 0 saturated heterocycles. The van der Waals surface area contributed by atoms with Gasteiger partial charge in [-0.3, -0.25) is 0 Å². The number of nitrogens with two attached hydrogens (primary N) is 1. The molecule has 0 spiro atoms. The molecule has 0 saturated carbocycles. The number of rotatable bonds is 6. The standard InChI is InChI=1S/C12H20N4O2/c1-8(2)16(3)5-4-14-11-10(12(17)18)6-9(13)7-15-11/h6-8H,4-5,13H2,1-3H3,(H,14,15)(H,17,18). The Morgan fingerprint density at radius 2 is 2.28 bits per heavy atom. The zero-order chi connectivity index (χ0) is 13.7. The van der Waals surface area contributed by atoms with E-state index in [-0.39, 0.29) is 5.56 Å². The maximum absolute atomic E-state index is 11.0. The number of carbonyl (C=O) groups is 1. The third-order valence-corrected chi connectivity index (χ3v) is 2.78. The summed E-state index contributed by atoms with van der Waals surface area (Å²) in [4.78, 5) is 17.2. The first-order valence-corrected chi connectivity index (χ1v) is 5.84. The van der Waals surface area contributed by atoms with Gasteiger partial charge in [0.05, 0.1) is 11.9 Å². The van der Waals surface area contributed by atoms with Crippen molar-refractivity contribution in [3.8, 4) is 0 Å². The lowest BCUT2D eigenvalue weighted by molar-refractivity contribution is 0.0697. The van der Waals surface area contributed by atoms with Crippen LogP contribution in [-0.4, -0.2) is 47.1 Å². The molecular formula is C12H20N4O2. The van der Waals surface area contributed by atoms with Crippen LogP contribution in [0.15, 0.2) is 12.3 Å². The van der Waals surface area contributed by atoms with Crippen molar-refractivity contribution in [3.05, 3.63) is 17.8 Å². The Balaban J connectivity index is 2.65. The topological polar surface area (TPSA) is 91.5 Å². The molecule has 0 atom stereocenters. The molecule has 0 aliphatic carbocycles. The Morgan fingerprint density at radius 1 is 1.61 bits per heavy atom. The highest BCUT2D eigenvalue weighted by atomic mass is 16.4. The zero-order valence-corrected chi connectivity index (χ0v) is 11.0. The van der Waals surface area contributed by atoms with Crippen molar-refractivity contribution in [2.24, 2.45) is 0 Å². The van der Waals surface area contributed by atoms with Crippen LogP contribution in [0, 0.1) is 0 Å². The van der Waals surface area contributed by atoms with Crippen LogP contribution in [0.25, 0.3) is 0 Å². The summed E-state index contributed by atoms with van der Waals surface area (Å²) in [5, 5.41) is 12.1. The molecule has 6 heteroatoms. The summed E-state index contributed by atoms with van der Waals surface area (Å²) >= 11 is 0. The number of likely N-dealkylation sites (N-methyl/N-ethyl adjacent to an activating group) is 1. The highest BCUT2D eigenvalue weighted by Gasteiger charge is 2.12. The molecule has 0 radical (unpaired) electrons. The number of carboxylic acids is 1. The fourth-order valence-corrected chi connectivity index (χ4v) is 1.39. The lowest BCUT2D eigenvalue weighted by Gasteiger charge is -2.21. The van der Waals surface area contributed by atoms with Gasteiger partial charge >= 0.3 is 5.97 Å². The monoisotopic (exact) mass is 252 g/mol. The van der Waals surface area contributed by atoms with E-state index >= 15 is 0 Å². The number of hydrogen-bond acceptors (Lipinski definition) is 5. The molecule has 0 aromatic carbocycles. The zero-order valence-electron chi connectivity index (χ0n) is 11.0. The molecule has 0 fully saturated rings. The Labute approximate surface area is 107 Å². The van der Waals surface area contributed by atoms with Gasteiger partial charge in [-0.05, 0) is 27.0 Å². The second-order valence-corrected chi connectivity index (χ2v) is 4.47. The summed E-state index contributed by atoms with van der Waals surface area (Å²) in [6, 6.07) is 1.86. The molecule has 1 aromatic heterocycles. The van der Waals surface area contributed by atoms with E-state index in [0.717, 1.165) is 6.54 Å². The number of nitrogen functional groups attached to an aromatic ring is 1. The average Bonchev–Trinajstić information content (AvgIpc) is 2.30. The summed E-state index contributed by atoms with van der Waals surface area (Å²) in [6.45, 7) is 5.64. The van der Waals surface area contributed by atoms with Crippen LogP contribution >= 0.6 is 0 Å². The Morgan fingerprint density at radius 3 is 2.83 bits per heavy atom. The first-order chi connectivity index (χ1) is 8.41. The normalized spacial score (nSPS) is 10.9. The Bertz CT molecular complexity index is 421. The number of anilines is 2. The maximum atomic E-state index is 11.0. The molecule has 100 valence electrons. The summed E-state index contributed by atoms with van der Waals surface area (Å²) in [5.74, 6) is -0.677. The Kier molecular flexibility index (Phi) is 4.91. The van der Waals surface area contributed by atoms with Gasteiger partial charge in [-0.25, -0.2) is 9.78 Å². The van der Waals surface area contributed by atoms with Crippen LogP contribution in [0.1, 0.15) is 24.2 Å². The molecule has 1 heterocycles. The fourth-order valence-electron chi connectivity index (χ4n) is 1.39. The number of carboxylic acid groups (broad SMARTS) is 1. The van der Waals surface area contributed by atoms with E-state index in [9.17, 15) is 4.79 Å². The molecule has 0 aliphatic heterocycles. The lowest BCUT2D eigenvalue weighted by atomic mass is 10.2. The second-order valence-electron chi connectivity index (χ2n) is 4.47. The van der Waals surface area contributed by atoms with Crippen molar-refractivity contribution in [2.45, 2.75) is 19.9 Å². The van der Waals surface area contributed by atoms with Gasteiger partial charge in [0, 0.05) is 19.1 Å². The molecule has 0 amide bonds. The van der Waals surface area contributed by atoms with Crippen molar-refractivity contribution < 1.29 is 9.90 Å². The van der Waals surface area contributed by atoms with Crippen molar-refractivity contribution >= 4 is 17.5 Å². The van der Waals surface area contributed by atoms with Crippen LogP contribution in [-0.2, 0) is 0 Å². The van der Waals surface area contributed by atoms with Gasteiger partial charge in [0.2, 0.25) is 0 Å². The second kappa shape index (κ2) is 6.20. The molecule has 1 aromatic rings. The number of aromatic carboxylic acids is 1. The summed E-state index contributed by atoms with van der Waals surface area (Å²) in [6.07, 6.45) is 1.45. The summed E-state index contributed by atoms with van der Waals surface area (Å²) in [7, 11) is 2.01. The van der Waals surface area contributed by atoms with Gasteiger partial charge < -0.3 is 21.1 Å². The average molecular weight is 252 g/mol. The number of aromatic nitrogens is 1. The van der Waals surface area contributed by atoms with E-state index in [1.165, 1.54) is 12.3 Å². The molecule has 4 N–H and O–H groups in total. The Hall–Kier alpha value is -1.82. The molecule has 18 heavy (non-hydrogen) atoms. The van der Waals surface area contributed by atoms with E-state index in [4.69, 9.17) is 10.8 Å². The van der Waals surface area contributed by atoms with Gasteiger partial charge in [-0.2, -0.15) is 0 Å². The largest absolute Gasteiger partial charge is 0.478 e. The third-order valence-electron chi connectivity index (χ3n) is 2.78. The van der Waals surface area contributed by atoms with E-state index in [1.54, 1.807) is 0 Å². The minimum atomic E-state index is -1.03. The van der Waals surface area contributed by atoms with Gasteiger partial charge in [0.1, 0.15) is 11.4 Å². The van der Waals surface area contributed by atoms with Crippen LogP contribution in [0.5, 0.6) is 0 Å². The minimum absolute atomic E-state index is 0.0993. The number of pyridine rings is 1. The first-order valence-electron chi connectivity index (χ1n) is 5.84. The molecule has 0 bridgehead atoms. The van der Waals surface area contributed by atoms with Crippen LogP contribution in [0.2, 0.25) is 0 Å². The highest BCUT2D eigenvalue weighted by molar-refractivity contribution is 5.94. The summed E-state index contributed by atoms with van der Waals surface area (Å²) in [5.41, 5.74) is 5.96. The smallest absolute Gasteiger partial charge is 0.339 e. The van der Waals surface area contributed by atoms with Gasteiger partial charge in [-0.15, -0.1) is 0 Å². The number of nitrogens with zero attached hydrogens (tertiary/aromatic N) is 2. The first kappa shape index (κ1) is 14.2. The van der Waals surface area contributed by atoms with Crippen LogP contribution in [0.3, 0.4) is 0 Å². The lowest BCUT2D eigenvalue weighted by Crippen LogP contribution is -2.31. The molecule has 6 nitrogen and oxygen atoms in total. The predicted molar refractivity (Wildman–Crippen MR) is 71.9 cm³/mol. The van der Waals surface area contributed by atoms with E-state index in [2.05, 4.69) is 29.0 Å². The quantitative estimate of drug-likeness (QED) is 0.702. The van der Waals surface area contributed by atoms with Gasteiger partial charge in [-0.1, -0.05) is 0 Å². The SMILES string of the molecule is CC(C)N(C)CCNc1ncc(N)cc1C(=O)O. The number of hydrogen-bond donors (Lipinski definition) is 3. The van der Waals surface area contributed by atoms with E-state index in [1.807, 2.05) is 7.05 Å². The van der Waals surface area contributed by atoms with Crippen LogP contribution < -0.4 is 11.1 Å².